The van der Waals surface area contributed by atoms with E-state index in [9.17, 15) is 13.6 Å². The fraction of sp³-hybridized carbons (Fsp3) is 0.316. The molecule has 1 N–H and O–H groups in total. The topological polar surface area (TPSA) is 50.8 Å². The van der Waals surface area contributed by atoms with Crippen molar-refractivity contribution >= 4 is 11.6 Å². The number of carbonyl (C=O) groups excluding carboxylic acids is 1. The van der Waals surface area contributed by atoms with Crippen molar-refractivity contribution in [1.29, 1.82) is 0 Å². The van der Waals surface area contributed by atoms with Crippen molar-refractivity contribution in [3.8, 4) is 11.5 Å². The lowest BCUT2D eigenvalue weighted by Gasteiger charge is -2.30. The van der Waals surface area contributed by atoms with Crippen LogP contribution in [-0.2, 0) is 17.8 Å². The molecule has 1 aliphatic rings. The van der Waals surface area contributed by atoms with E-state index in [4.69, 9.17) is 9.47 Å². The molecule has 0 unspecified atom stereocenters. The zero-order valence-electron chi connectivity index (χ0n) is 14.6. The lowest BCUT2D eigenvalue weighted by Crippen LogP contribution is -2.39. The summed E-state index contributed by atoms with van der Waals surface area (Å²) < 4.78 is 36.8. The molecule has 1 heterocycles. The van der Waals surface area contributed by atoms with E-state index in [1.54, 1.807) is 19.1 Å². The largest absolute Gasteiger partial charge is 0.493 e. The van der Waals surface area contributed by atoms with Crippen molar-refractivity contribution in [2.75, 3.05) is 32.6 Å². The summed E-state index contributed by atoms with van der Waals surface area (Å²) in [7, 11) is 3.16. The zero-order valence-corrected chi connectivity index (χ0v) is 14.6. The molecule has 5 nitrogen and oxygen atoms in total. The van der Waals surface area contributed by atoms with Gasteiger partial charge < -0.3 is 19.7 Å². The summed E-state index contributed by atoms with van der Waals surface area (Å²) in [5, 5.41) is 2.83. The van der Waals surface area contributed by atoms with Gasteiger partial charge in [-0.2, -0.15) is 0 Å². The van der Waals surface area contributed by atoms with Gasteiger partial charge in [0.15, 0.2) is 23.1 Å². The minimum atomic E-state index is -0.949. The Hall–Kier alpha value is -2.83. The Morgan fingerprint density at radius 1 is 1.08 bits per heavy atom. The van der Waals surface area contributed by atoms with Gasteiger partial charge in [-0.15, -0.1) is 0 Å². The van der Waals surface area contributed by atoms with Gasteiger partial charge in [-0.3, -0.25) is 4.79 Å². The van der Waals surface area contributed by atoms with Crippen molar-refractivity contribution in [2.24, 2.45) is 0 Å². The molecule has 7 heteroatoms. The Labute approximate surface area is 150 Å². The number of methoxy groups -OCH3 is 2. The van der Waals surface area contributed by atoms with Crippen LogP contribution in [0.2, 0.25) is 0 Å². The Morgan fingerprint density at radius 2 is 1.77 bits per heavy atom. The Bertz CT molecular complexity index is 827. The van der Waals surface area contributed by atoms with Gasteiger partial charge in [0.05, 0.1) is 20.8 Å². The quantitative estimate of drug-likeness (QED) is 0.889. The molecule has 0 fully saturated rings. The predicted molar refractivity (Wildman–Crippen MR) is 93.5 cm³/mol. The zero-order chi connectivity index (χ0) is 18.7. The first-order chi connectivity index (χ1) is 12.5. The summed E-state index contributed by atoms with van der Waals surface area (Å²) in [6.07, 6.45) is 0.715. The molecule has 0 saturated carbocycles. The standard InChI is InChI=1S/C19H20F2N2O3/c1-25-17-7-12-5-6-23(11-13(12)8-18(17)26-2)19(24)10-22-14-3-4-15(20)16(21)9-14/h3-4,7-9,22H,5-6,10-11H2,1-2H3. The molecule has 2 aromatic carbocycles. The van der Waals surface area contributed by atoms with E-state index < -0.39 is 11.6 Å². The summed E-state index contributed by atoms with van der Waals surface area (Å²) >= 11 is 0. The SMILES string of the molecule is COc1cc2c(cc1OC)CN(C(=O)CNc1ccc(F)c(F)c1)CC2. The van der Waals surface area contributed by atoms with E-state index in [1.165, 1.54) is 6.07 Å². The van der Waals surface area contributed by atoms with Gasteiger partial charge >= 0.3 is 0 Å². The minimum absolute atomic E-state index is 0.00763. The summed E-state index contributed by atoms with van der Waals surface area (Å²) in [5.41, 5.74) is 2.50. The van der Waals surface area contributed by atoms with Gasteiger partial charge in [0.1, 0.15) is 0 Å². The highest BCUT2D eigenvalue weighted by molar-refractivity contribution is 5.81. The number of hydrogen-bond acceptors (Lipinski definition) is 4. The molecule has 1 amide bonds. The van der Waals surface area contributed by atoms with Crippen LogP contribution in [-0.4, -0.2) is 38.1 Å². The van der Waals surface area contributed by atoms with E-state index in [0.717, 1.165) is 23.3 Å². The fourth-order valence-electron chi connectivity index (χ4n) is 2.99. The first-order valence-electron chi connectivity index (χ1n) is 8.22. The Morgan fingerprint density at radius 3 is 2.42 bits per heavy atom. The molecule has 2 aromatic rings. The average molecular weight is 362 g/mol. The predicted octanol–water partition coefficient (Wildman–Crippen LogP) is 2.98. The van der Waals surface area contributed by atoms with Crippen LogP contribution < -0.4 is 14.8 Å². The number of amides is 1. The molecule has 138 valence electrons. The minimum Gasteiger partial charge on any atom is -0.493 e. The van der Waals surface area contributed by atoms with Gasteiger partial charge in [0, 0.05) is 24.8 Å². The van der Waals surface area contributed by atoms with Crippen LogP contribution in [0.4, 0.5) is 14.5 Å². The number of halogens is 2. The van der Waals surface area contributed by atoms with Crippen molar-refractivity contribution in [3.63, 3.8) is 0 Å². The summed E-state index contributed by atoms with van der Waals surface area (Å²) in [6, 6.07) is 7.28. The van der Waals surface area contributed by atoms with Crippen LogP contribution in [0.25, 0.3) is 0 Å². The van der Waals surface area contributed by atoms with Crippen molar-refractivity contribution in [3.05, 3.63) is 53.1 Å². The van der Waals surface area contributed by atoms with Gasteiger partial charge in [0.2, 0.25) is 5.91 Å². The second-order valence-corrected chi connectivity index (χ2v) is 6.02. The Kier molecular flexibility index (Phi) is 5.25. The van der Waals surface area contributed by atoms with Gasteiger partial charge in [-0.05, 0) is 41.8 Å². The first-order valence-corrected chi connectivity index (χ1v) is 8.22. The van der Waals surface area contributed by atoms with E-state index in [0.29, 0.717) is 36.7 Å². The van der Waals surface area contributed by atoms with Crippen LogP contribution in [0.3, 0.4) is 0 Å². The first kappa shape index (κ1) is 18.0. The van der Waals surface area contributed by atoms with Crippen molar-refractivity contribution in [2.45, 2.75) is 13.0 Å². The molecule has 0 radical (unpaired) electrons. The number of carbonyl (C=O) groups is 1. The van der Waals surface area contributed by atoms with Gasteiger partial charge in [0.25, 0.3) is 0 Å². The maximum absolute atomic E-state index is 13.2. The third-order valence-corrected chi connectivity index (χ3v) is 4.43. The summed E-state index contributed by atoms with van der Waals surface area (Å²) in [4.78, 5) is 14.2. The lowest BCUT2D eigenvalue weighted by atomic mass is 9.98. The number of nitrogens with one attached hydrogen (secondary N) is 1. The van der Waals surface area contributed by atoms with Gasteiger partial charge in [-0.1, -0.05) is 0 Å². The molecule has 26 heavy (non-hydrogen) atoms. The molecule has 0 aromatic heterocycles. The molecular weight excluding hydrogens is 342 g/mol. The molecule has 3 rings (SSSR count). The maximum Gasteiger partial charge on any atom is 0.242 e. The third kappa shape index (κ3) is 3.71. The molecule has 1 aliphatic heterocycles. The molecule has 0 bridgehead atoms. The van der Waals surface area contributed by atoms with Crippen LogP contribution in [0.1, 0.15) is 11.1 Å². The molecule has 0 saturated heterocycles. The van der Waals surface area contributed by atoms with E-state index in [-0.39, 0.29) is 12.5 Å². The van der Waals surface area contributed by atoms with Crippen molar-refractivity contribution < 1.29 is 23.0 Å². The molecule has 0 aliphatic carbocycles. The number of rotatable bonds is 5. The number of benzene rings is 2. The summed E-state index contributed by atoms with van der Waals surface area (Å²) in [5.74, 6) is -0.684. The number of anilines is 1. The average Bonchev–Trinajstić information content (AvgIpc) is 2.66. The highest BCUT2D eigenvalue weighted by atomic mass is 19.2. The normalized spacial score (nSPS) is 13.2. The van der Waals surface area contributed by atoms with Crippen LogP contribution in [0, 0.1) is 11.6 Å². The number of fused-ring (bicyclic) bond motifs is 1. The van der Waals surface area contributed by atoms with Crippen LogP contribution >= 0.6 is 0 Å². The third-order valence-electron chi connectivity index (χ3n) is 4.43. The van der Waals surface area contributed by atoms with E-state index in [2.05, 4.69) is 5.32 Å². The molecule has 0 spiro atoms. The number of hydrogen-bond donors (Lipinski definition) is 1. The summed E-state index contributed by atoms with van der Waals surface area (Å²) in [6.45, 7) is 1.06. The molecule has 0 atom stereocenters. The smallest absolute Gasteiger partial charge is 0.242 e. The fourth-order valence-corrected chi connectivity index (χ4v) is 2.99. The molecular formula is C19H20F2N2O3. The number of nitrogens with zero attached hydrogens (tertiary/aromatic N) is 1. The maximum atomic E-state index is 13.2. The van der Waals surface area contributed by atoms with Crippen LogP contribution in [0.5, 0.6) is 11.5 Å². The second-order valence-electron chi connectivity index (χ2n) is 6.02. The monoisotopic (exact) mass is 362 g/mol. The number of ether oxygens (including phenoxy) is 2. The Balaban J connectivity index is 1.66. The highest BCUT2D eigenvalue weighted by Gasteiger charge is 2.22. The lowest BCUT2D eigenvalue weighted by molar-refractivity contribution is -0.130. The second kappa shape index (κ2) is 7.59. The van der Waals surface area contributed by atoms with E-state index >= 15 is 0 Å². The van der Waals surface area contributed by atoms with E-state index in [1.807, 2.05) is 12.1 Å². The van der Waals surface area contributed by atoms with Crippen LogP contribution in [0.15, 0.2) is 30.3 Å². The van der Waals surface area contributed by atoms with Gasteiger partial charge in [-0.25, -0.2) is 8.78 Å². The van der Waals surface area contributed by atoms with Crippen molar-refractivity contribution in [1.82, 2.24) is 4.90 Å². The highest BCUT2D eigenvalue weighted by Crippen LogP contribution is 2.33.